The normalized spacial score (nSPS) is 25.6. The summed E-state index contributed by atoms with van der Waals surface area (Å²) in [6, 6.07) is 0. The summed E-state index contributed by atoms with van der Waals surface area (Å²) in [6.45, 7) is 11.0. The van der Waals surface area contributed by atoms with Gasteiger partial charge in [-0.05, 0) is 32.6 Å². The van der Waals surface area contributed by atoms with Crippen molar-refractivity contribution in [2.45, 2.75) is 51.6 Å². The minimum Gasteiger partial charge on any atom is -0.373 e. The Balaban J connectivity index is 1.34. The highest BCUT2D eigenvalue weighted by atomic mass is 32.2. The Morgan fingerprint density at radius 1 is 1.23 bits per heavy atom. The Bertz CT molecular complexity index is 579. The molecule has 2 fully saturated rings. The number of nitrogens with zero attached hydrogens (tertiary/aromatic N) is 4. The first-order valence-electron chi connectivity index (χ1n) is 9.52. The molecule has 7 nitrogen and oxygen atoms in total. The number of ether oxygens (including phenoxy) is 1. The van der Waals surface area contributed by atoms with Gasteiger partial charge in [0.05, 0.1) is 23.7 Å². The van der Waals surface area contributed by atoms with E-state index in [0.717, 1.165) is 45.6 Å². The molecule has 2 aliphatic rings. The maximum absolute atomic E-state index is 12.4. The first kappa shape index (κ1) is 19.6. The van der Waals surface area contributed by atoms with Gasteiger partial charge in [0.15, 0.2) is 5.82 Å². The molecular weight excluding hydrogens is 352 g/mol. The smallest absolute Gasteiger partial charge is 0.232 e. The van der Waals surface area contributed by atoms with Crippen molar-refractivity contribution < 1.29 is 14.1 Å². The van der Waals surface area contributed by atoms with E-state index in [1.54, 1.807) is 18.7 Å². The molecule has 2 atom stereocenters. The van der Waals surface area contributed by atoms with Gasteiger partial charge in [-0.2, -0.15) is 4.98 Å². The third kappa shape index (κ3) is 5.69. The number of aryl methyl sites for hydroxylation is 1. The van der Waals surface area contributed by atoms with Gasteiger partial charge in [0.1, 0.15) is 0 Å². The number of carbonyl (C=O) groups excluding carboxylic acids is 1. The van der Waals surface area contributed by atoms with Gasteiger partial charge in [0.2, 0.25) is 11.8 Å². The topological polar surface area (TPSA) is 71.7 Å². The summed E-state index contributed by atoms with van der Waals surface area (Å²) in [5.74, 6) is 3.24. The molecule has 0 spiro atoms. The highest BCUT2D eigenvalue weighted by molar-refractivity contribution is 7.99. The van der Waals surface area contributed by atoms with Crippen LogP contribution in [0, 0.1) is 12.8 Å². The summed E-state index contributed by atoms with van der Waals surface area (Å²) in [7, 11) is 0. The van der Waals surface area contributed by atoms with Crippen LogP contribution in [0.15, 0.2) is 4.52 Å². The molecule has 1 aromatic rings. The predicted octanol–water partition coefficient (Wildman–Crippen LogP) is 1.96. The van der Waals surface area contributed by atoms with Crippen LogP contribution in [-0.2, 0) is 15.3 Å². The second-order valence-electron chi connectivity index (χ2n) is 7.52. The lowest BCUT2D eigenvalue weighted by molar-refractivity contribution is -0.129. The van der Waals surface area contributed by atoms with Gasteiger partial charge in [-0.3, -0.25) is 9.69 Å². The fourth-order valence-electron chi connectivity index (χ4n) is 3.88. The molecular formula is C18H30N4O3S. The molecule has 3 rings (SSSR count). The van der Waals surface area contributed by atoms with Gasteiger partial charge in [-0.25, -0.2) is 0 Å². The fraction of sp³-hybridized carbons (Fsp3) is 0.833. The summed E-state index contributed by atoms with van der Waals surface area (Å²) in [5.41, 5.74) is 0. The largest absolute Gasteiger partial charge is 0.373 e. The van der Waals surface area contributed by atoms with Crippen LogP contribution in [0.3, 0.4) is 0 Å². The van der Waals surface area contributed by atoms with Crippen molar-refractivity contribution in [1.82, 2.24) is 19.9 Å². The van der Waals surface area contributed by atoms with Crippen LogP contribution < -0.4 is 0 Å². The number of thioether (sulfide) groups is 1. The Kier molecular flexibility index (Phi) is 6.94. The number of hydrogen-bond donors (Lipinski definition) is 0. The summed E-state index contributed by atoms with van der Waals surface area (Å²) in [6.07, 6.45) is 2.84. The molecule has 26 heavy (non-hydrogen) atoms. The van der Waals surface area contributed by atoms with E-state index in [2.05, 4.69) is 28.9 Å². The van der Waals surface area contributed by atoms with Crippen LogP contribution in [0.2, 0.25) is 0 Å². The van der Waals surface area contributed by atoms with Crippen molar-refractivity contribution in [1.29, 1.82) is 0 Å². The number of hydrogen-bond acceptors (Lipinski definition) is 7. The minimum atomic E-state index is 0.224. The standard InChI is InChI=1S/C18H30N4O3S/c1-13-8-21(9-14(2)24-13)10-16-4-6-22(7-5-16)18(23)12-26-11-17-19-15(3)25-20-17/h13-14,16H,4-12H2,1-3H3/t13-,14+. The second kappa shape index (κ2) is 9.19. The zero-order valence-corrected chi connectivity index (χ0v) is 16.8. The van der Waals surface area contributed by atoms with E-state index in [4.69, 9.17) is 9.26 Å². The molecule has 0 aliphatic carbocycles. The zero-order valence-electron chi connectivity index (χ0n) is 16.0. The monoisotopic (exact) mass is 382 g/mol. The number of piperidine rings is 1. The molecule has 1 aromatic heterocycles. The lowest BCUT2D eigenvalue weighted by Crippen LogP contribution is -2.48. The Morgan fingerprint density at radius 3 is 2.54 bits per heavy atom. The van der Waals surface area contributed by atoms with Gasteiger partial charge < -0.3 is 14.2 Å². The van der Waals surface area contributed by atoms with Crippen LogP contribution in [-0.4, -0.2) is 76.5 Å². The van der Waals surface area contributed by atoms with Crippen molar-refractivity contribution in [3.63, 3.8) is 0 Å². The number of rotatable bonds is 6. The highest BCUT2D eigenvalue weighted by Gasteiger charge is 2.27. The van der Waals surface area contributed by atoms with Crippen molar-refractivity contribution in [3.05, 3.63) is 11.7 Å². The molecule has 0 bridgehead atoms. The Hall–Kier alpha value is -1.12. The van der Waals surface area contributed by atoms with E-state index in [-0.39, 0.29) is 5.91 Å². The van der Waals surface area contributed by atoms with Crippen molar-refractivity contribution in [3.8, 4) is 0 Å². The lowest BCUT2D eigenvalue weighted by atomic mass is 9.95. The van der Waals surface area contributed by atoms with E-state index in [1.807, 2.05) is 4.90 Å². The molecule has 0 radical (unpaired) electrons. The Morgan fingerprint density at radius 2 is 1.92 bits per heavy atom. The van der Waals surface area contributed by atoms with Crippen LogP contribution in [0.5, 0.6) is 0 Å². The summed E-state index contributed by atoms with van der Waals surface area (Å²) < 4.78 is 10.8. The van der Waals surface area contributed by atoms with E-state index in [1.165, 1.54) is 0 Å². The number of aromatic nitrogens is 2. The van der Waals surface area contributed by atoms with Crippen molar-refractivity contribution in [2.24, 2.45) is 5.92 Å². The maximum atomic E-state index is 12.4. The van der Waals surface area contributed by atoms with Gasteiger partial charge in [0, 0.05) is 39.6 Å². The first-order chi connectivity index (χ1) is 12.5. The van der Waals surface area contributed by atoms with E-state index < -0.39 is 0 Å². The molecule has 0 N–H and O–H groups in total. The predicted molar refractivity (Wildman–Crippen MR) is 101 cm³/mol. The molecule has 0 saturated carbocycles. The second-order valence-corrected chi connectivity index (χ2v) is 8.51. The number of morpholine rings is 1. The summed E-state index contributed by atoms with van der Waals surface area (Å²) >= 11 is 1.55. The number of likely N-dealkylation sites (tertiary alicyclic amines) is 1. The zero-order chi connectivity index (χ0) is 18.5. The minimum absolute atomic E-state index is 0.224. The van der Waals surface area contributed by atoms with Gasteiger partial charge >= 0.3 is 0 Å². The third-order valence-corrected chi connectivity index (χ3v) is 5.92. The first-order valence-corrected chi connectivity index (χ1v) is 10.7. The SMILES string of the molecule is Cc1nc(CSCC(=O)N2CCC(CN3C[C@@H](C)O[C@@H](C)C3)CC2)no1. The molecule has 8 heteroatoms. The molecule has 2 saturated heterocycles. The van der Waals surface area contributed by atoms with Gasteiger partial charge in [-0.1, -0.05) is 5.16 Å². The molecule has 0 unspecified atom stereocenters. The molecule has 0 aromatic carbocycles. The van der Waals surface area contributed by atoms with Crippen molar-refractivity contribution >= 4 is 17.7 Å². The highest BCUT2D eigenvalue weighted by Crippen LogP contribution is 2.22. The van der Waals surface area contributed by atoms with E-state index in [9.17, 15) is 4.79 Å². The number of carbonyl (C=O) groups is 1. The molecule has 3 heterocycles. The average Bonchev–Trinajstić information content (AvgIpc) is 3.00. The van der Waals surface area contributed by atoms with Crippen LogP contribution in [0.1, 0.15) is 38.4 Å². The third-order valence-electron chi connectivity index (χ3n) is 5.01. The maximum Gasteiger partial charge on any atom is 0.232 e. The summed E-state index contributed by atoms with van der Waals surface area (Å²) in [5, 5.41) is 3.86. The van der Waals surface area contributed by atoms with Crippen LogP contribution >= 0.6 is 11.8 Å². The van der Waals surface area contributed by atoms with Gasteiger partial charge in [0.25, 0.3) is 0 Å². The lowest BCUT2D eigenvalue weighted by Gasteiger charge is -2.39. The molecule has 146 valence electrons. The van der Waals surface area contributed by atoms with Crippen molar-refractivity contribution in [2.75, 3.05) is 38.5 Å². The van der Waals surface area contributed by atoms with Crippen LogP contribution in [0.4, 0.5) is 0 Å². The molecule has 1 amide bonds. The van der Waals surface area contributed by atoms with Crippen LogP contribution in [0.25, 0.3) is 0 Å². The van der Waals surface area contributed by atoms with E-state index in [0.29, 0.717) is 41.3 Å². The fourth-order valence-corrected chi connectivity index (χ4v) is 4.64. The van der Waals surface area contributed by atoms with Gasteiger partial charge in [-0.15, -0.1) is 11.8 Å². The number of amides is 1. The average molecular weight is 383 g/mol. The summed E-state index contributed by atoms with van der Waals surface area (Å²) in [4.78, 5) is 21.1. The quantitative estimate of drug-likeness (QED) is 0.745. The Labute approximate surface area is 159 Å². The van der Waals surface area contributed by atoms with E-state index >= 15 is 0 Å². The molecule has 2 aliphatic heterocycles.